The van der Waals surface area contributed by atoms with Gasteiger partial charge in [0.25, 0.3) is 10.0 Å². The summed E-state index contributed by atoms with van der Waals surface area (Å²) < 4.78 is 29.4. The van der Waals surface area contributed by atoms with E-state index in [-0.39, 0.29) is 23.8 Å². The minimum absolute atomic E-state index is 0.0872. The second kappa shape index (κ2) is 14.8. The van der Waals surface area contributed by atoms with E-state index >= 15 is 0 Å². The normalized spacial score (nSPS) is 11.9. The molecule has 0 aliphatic heterocycles. The molecule has 4 aromatic rings. The third kappa shape index (κ3) is 8.35. The van der Waals surface area contributed by atoms with E-state index in [1.54, 1.807) is 42.5 Å². The molecule has 7 nitrogen and oxygen atoms in total. The molecule has 0 aliphatic rings. The van der Waals surface area contributed by atoms with E-state index in [0.29, 0.717) is 12.2 Å². The molecule has 2 amide bonds. The molecule has 44 heavy (non-hydrogen) atoms. The molecular formula is C36H41N3O4S. The maximum Gasteiger partial charge on any atom is 0.264 e. The predicted molar refractivity (Wildman–Crippen MR) is 176 cm³/mol. The van der Waals surface area contributed by atoms with Gasteiger partial charge in [0.2, 0.25) is 11.8 Å². The summed E-state index contributed by atoms with van der Waals surface area (Å²) in [6, 6.07) is 30.1. The predicted octanol–water partition coefficient (Wildman–Crippen LogP) is 5.97. The fourth-order valence-electron chi connectivity index (χ4n) is 5.08. The smallest absolute Gasteiger partial charge is 0.264 e. The van der Waals surface area contributed by atoms with Crippen LogP contribution in [0.1, 0.15) is 41.2 Å². The quantitative estimate of drug-likeness (QED) is 0.202. The molecule has 1 atom stereocenters. The van der Waals surface area contributed by atoms with Gasteiger partial charge in [0.05, 0.1) is 10.6 Å². The van der Waals surface area contributed by atoms with Crippen LogP contribution in [0.15, 0.2) is 108 Å². The number of carbonyl (C=O) groups is 2. The van der Waals surface area contributed by atoms with Gasteiger partial charge in [-0.3, -0.25) is 13.9 Å². The Morgan fingerprint density at radius 2 is 1.39 bits per heavy atom. The van der Waals surface area contributed by atoms with Crippen molar-refractivity contribution in [2.75, 3.05) is 17.4 Å². The van der Waals surface area contributed by atoms with Crippen molar-refractivity contribution in [2.45, 2.75) is 58.0 Å². The molecule has 0 unspecified atom stereocenters. The fraction of sp³-hybridized carbons (Fsp3) is 0.278. The third-order valence-corrected chi connectivity index (χ3v) is 9.22. The van der Waals surface area contributed by atoms with Gasteiger partial charge in [-0.25, -0.2) is 8.42 Å². The standard InChI is InChI=1S/C36H41N3O4S/c1-5-21-37-36(41)34(24-30-13-7-6-8-14-30)38(25-31-15-9-11-28(3)22-31)35(40)26-39(32-16-10-12-29(4)23-32)44(42,43)33-19-17-27(2)18-20-33/h6-20,22-23,34H,5,21,24-26H2,1-4H3,(H,37,41)/t34-/m0/s1. The first-order valence-corrected chi connectivity index (χ1v) is 16.3. The lowest BCUT2D eigenvalue weighted by Gasteiger charge is -2.34. The Morgan fingerprint density at radius 1 is 0.750 bits per heavy atom. The second-order valence-electron chi connectivity index (χ2n) is 11.2. The molecular weight excluding hydrogens is 570 g/mol. The highest BCUT2D eigenvalue weighted by molar-refractivity contribution is 7.92. The number of nitrogens with zero attached hydrogens (tertiary/aromatic N) is 2. The van der Waals surface area contributed by atoms with Gasteiger partial charge >= 0.3 is 0 Å². The number of hydrogen-bond donors (Lipinski definition) is 1. The Balaban J connectivity index is 1.80. The molecule has 230 valence electrons. The number of rotatable bonds is 13. The first-order chi connectivity index (χ1) is 21.1. The van der Waals surface area contributed by atoms with Crippen molar-refractivity contribution >= 4 is 27.5 Å². The van der Waals surface area contributed by atoms with Crippen molar-refractivity contribution in [1.82, 2.24) is 10.2 Å². The zero-order chi connectivity index (χ0) is 31.7. The number of nitrogens with one attached hydrogen (secondary N) is 1. The van der Waals surface area contributed by atoms with Gasteiger partial charge in [-0.05, 0) is 68.1 Å². The lowest BCUT2D eigenvalue weighted by molar-refractivity contribution is -0.140. The minimum Gasteiger partial charge on any atom is -0.354 e. The van der Waals surface area contributed by atoms with E-state index in [0.717, 1.165) is 38.5 Å². The summed E-state index contributed by atoms with van der Waals surface area (Å²) in [7, 11) is -4.13. The van der Waals surface area contributed by atoms with Gasteiger partial charge < -0.3 is 10.2 Å². The summed E-state index contributed by atoms with van der Waals surface area (Å²) in [6.45, 7) is 7.84. The molecule has 0 fully saturated rings. The minimum atomic E-state index is -4.13. The van der Waals surface area contributed by atoms with E-state index in [9.17, 15) is 18.0 Å². The van der Waals surface area contributed by atoms with Crippen LogP contribution in [0.2, 0.25) is 0 Å². The second-order valence-corrected chi connectivity index (χ2v) is 13.0. The topological polar surface area (TPSA) is 86.8 Å². The van der Waals surface area contributed by atoms with Crippen molar-refractivity contribution in [2.24, 2.45) is 0 Å². The monoisotopic (exact) mass is 611 g/mol. The molecule has 0 bridgehead atoms. The van der Waals surface area contributed by atoms with Gasteiger partial charge in [0, 0.05) is 19.5 Å². The number of benzene rings is 4. The number of anilines is 1. The summed E-state index contributed by atoms with van der Waals surface area (Å²) in [5.74, 6) is -0.753. The van der Waals surface area contributed by atoms with Crippen LogP contribution in [0.25, 0.3) is 0 Å². The van der Waals surface area contributed by atoms with Gasteiger partial charge in [-0.15, -0.1) is 0 Å². The highest BCUT2D eigenvalue weighted by Crippen LogP contribution is 2.26. The third-order valence-electron chi connectivity index (χ3n) is 7.43. The average molecular weight is 612 g/mol. The van der Waals surface area contributed by atoms with E-state index in [2.05, 4.69) is 5.32 Å². The summed E-state index contributed by atoms with van der Waals surface area (Å²) in [4.78, 5) is 29.8. The number of sulfonamides is 1. The average Bonchev–Trinajstić information content (AvgIpc) is 3.01. The first kappa shape index (κ1) is 32.5. The van der Waals surface area contributed by atoms with Gasteiger partial charge in [0.15, 0.2) is 0 Å². The molecule has 1 N–H and O–H groups in total. The number of aryl methyl sites for hydroxylation is 3. The Bertz CT molecular complexity index is 1670. The summed E-state index contributed by atoms with van der Waals surface area (Å²) in [6.07, 6.45) is 1.02. The lowest BCUT2D eigenvalue weighted by Crippen LogP contribution is -2.53. The molecule has 0 aliphatic carbocycles. The van der Waals surface area contributed by atoms with Crippen LogP contribution in [-0.2, 0) is 32.6 Å². The molecule has 4 rings (SSSR count). The Hall–Kier alpha value is -4.43. The number of hydrogen-bond acceptors (Lipinski definition) is 4. The first-order valence-electron chi connectivity index (χ1n) is 14.9. The molecule has 0 saturated carbocycles. The molecule has 0 heterocycles. The largest absolute Gasteiger partial charge is 0.354 e. The van der Waals surface area contributed by atoms with Crippen molar-refractivity contribution in [1.29, 1.82) is 0 Å². The molecule has 0 saturated heterocycles. The molecule has 0 radical (unpaired) electrons. The zero-order valence-corrected chi connectivity index (χ0v) is 26.7. The van der Waals surface area contributed by atoms with Gasteiger partial charge in [-0.2, -0.15) is 0 Å². The van der Waals surface area contributed by atoms with E-state index in [4.69, 9.17) is 0 Å². The molecule has 4 aromatic carbocycles. The van der Waals surface area contributed by atoms with Crippen LogP contribution in [0.4, 0.5) is 5.69 Å². The van der Waals surface area contributed by atoms with Crippen molar-refractivity contribution < 1.29 is 18.0 Å². The summed E-state index contributed by atoms with van der Waals surface area (Å²) in [5, 5.41) is 2.97. The van der Waals surface area contributed by atoms with Crippen LogP contribution in [0.3, 0.4) is 0 Å². The molecule has 0 spiro atoms. The van der Waals surface area contributed by atoms with Crippen molar-refractivity contribution in [3.05, 3.63) is 131 Å². The Kier molecular flexibility index (Phi) is 11.0. The number of carbonyl (C=O) groups excluding carboxylic acids is 2. The zero-order valence-electron chi connectivity index (χ0n) is 25.9. The SMILES string of the molecule is CCCNC(=O)[C@H](Cc1ccccc1)N(Cc1cccc(C)c1)C(=O)CN(c1cccc(C)c1)S(=O)(=O)c1ccc(C)cc1. The van der Waals surface area contributed by atoms with Gasteiger partial charge in [0.1, 0.15) is 12.6 Å². The van der Waals surface area contributed by atoms with Gasteiger partial charge in [-0.1, -0.05) is 96.9 Å². The fourth-order valence-corrected chi connectivity index (χ4v) is 6.48. The summed E-state index contributed by atoms with van der Waals surface area (Å²) in [5.41, 5.74) is 4.93. The van der Waals surface area contributed by atoms with Crippen molar-refractivity contribution in [3.63, 3.8) is 0 Å². The summed E-state index contributed by atoms with van der Waals surface area (Å²) >= 11 is 0. The van der Waals surface area contributed by atoms with Crippen LogP contribution in [0.5, 0.6) is 0 Å². The maximum absolute atomic E-state index is 14.5. The molecule has 0 aromatic heterocycles. The number of amides is 2. The van der Waals surface area contributed by atoms with E-state index in [1.165, 1.54) is 4.90 Å². The highest BCUT2D eigenvalue weighted by Gasteiger charge is 2.34. The molecule has 8 heteroatoms. The maximum atomic E-state index is 14.5. The Morgan fingerprint density at radius 3 is 2.02 bits per heavy atom. The van der Waals surface area contributed by atoms with Crippen LogP contribution < -0.4 is 9.62 Å². The van der Waals surface area contributed by atoms with E-state index < -0.39 is 28.5 Å². The van der Waals surface area contributed by atoms with Crippen LogP contribution in [0, 0.1) is 20.8 Å². The van der Waals surface area contributed by atoms with Crippen LogP contribution in [-0.4, -0.2) is 44.3 Å². The van der Waals surface area contributed by atoms with E-state index in [1.807, 2.05) is 88.4 Å². The highest BCUT2D eigenvalue weighted by atomic mass is 32.2. The van der Waals surface area contributed by atoms with Crippen molar-refractivity contribution in [3.8, 4) is 0 Å². The lowest BCUT2D eigenvalue weighted by atomic mass is 10.0. The Labute approximate surface area is 261 Å². The van der Waals surface area contributed by atoms with Crippen LogP contribution >= 0.6 is 0 Å².